The number of carbonyl (C=O) groups excluding carboxylic acids is 1. The molecule has 0 radical (unpaired) electrons. The van der Waals surface area contributed by atoms with Crippen LogP contribution < -0.4 is 14.8 Å². The van der Waals surface area contributed by atoms with Gasteiger partial charge in [-0.15, -0.1) is 0 Å². The zero-order valence-corrected chi connectivity index (χ0v) is 14.4. The summed E-state index contributed by atoms with van der Waals surface area (Å²) in [5.74, 6) is 1.31. The molecule has 5 nitrogen and oxygen atoms in total. The van der Waals surface area contributed by atoms with Crippen LogP contribution in [-0.4, -0.2) is 31.8 Å². The van der Waals surface area contributed by atoms with Crippen LogP contribution in [-0.2, 0) is 4.74 Å². The largest absolute Gasteiger partial charge is 0.494 e. The Kier molecular flexibility index (Phi) is 5.90. The summed E-state index contributed by atoms with van der Waals surface area (Å²) < 4.78 is 16.7. The molecule has 0 saturated carbocycles. The summed E-state index contributed by atoms with van der Waals surface area (Å²) in [5.41, 5.74) is 1.28. The van der Waals surface area contributed by atoms with Crippen molar-refractivity contribution in [3.05, 3.63) is 54.1 Å². The van der Waals surface area contributed by atoms with E-state index in [2.05, 4.69) is 5.32 Å². The number of ether oxygens (including phenoxy) is 3. The molecule has 3 rings (SSSR count). The maximum Gasteiger partial charge on any atom is 0.255 e. The Morgan fingerprint density at radius 3 is 2.72 bits per heavy atom. The van der Waals surface area contributed by atoms with Crippen molar-refractivity contribution in [2.24, 2.45) is 0 Å². The molecular weight excluding hydrogens is 318 g/mol. The highest BCUT2D eigenvalue weighted by molar-refractivity contribution is 6.04. The molecule has 1 N–H and O–H groups in total. The second kappa shape index (κ2) is 8.53. The minimum atomic E-state index is -0.167. The Morgan fingerprint density at radius 1 is 1.16 bits per heavy atom. The average molecular weight is 341 g/mol. The number of amides is 1. The van der Waals surface area contributed by atoms with Gasteiger partial charge in [-0.1, -0.05) is 6.07 Å². The number of anilines is 1. The summed E-state index contributed by atoms with van der Waals surface area (Å²) in [7, 11) is 0. The second-order valence-electron chi connectivity index (χ2n) is 5.89. The van der Waals surface area contributed by atoms with Crippen LogP contribution in [0.4, 0.5) is 5.69 Å². The fraction of sp³-hybridized carbons (Fsp3) is 0.350. The lowest BCUT2D eigenvalue weighted by molar-refractivity contribution is 0.0679. The van der Waals surface area contributed by atoms with E-state index in [4.69, 9.17) is 14.2 Å². The quantitative estimate of drug-likeness (QED) is 0.830. The summed E-state index contributed by atoms with van der Waals surface area (Å²) in [6, 6.07) is 14.5. The monoisotopic (exact) mass is 341 g/mol. The Labute approximate surface area is 147 Å². The van der Waals surface area contributed by atoms with Crippen molar-refractivity contribution in [1.29, 1.82) is 0 Å². The Balaban J connectivity index is 1.55. The lowest BCUT2D eigenvalue weighted by Crippen LogP contribution is -2.16. The van der Waals surface area contributed by atoms with Crippen LogP contribution in [0.5, 0.6) is 11.5 Å². The van der Waals surface area contributed by atoms with E-state index in [0.717, 1.165) is 30.9 Å². The highest BCUT2D eigenvalue weighted by Crippen LogP contribution is 2.20. The second-order valence-corrected chi connectivity index (χ2v) is 5.89. The standard InChI is InChI=1S/C20H23NO4/c1-2-23-18-6-3-5-16(13-18)21-20(22)15-8-10-17(11-9-15)25-14-19-7-4-12-24-19/h3,5-6,8-11,13,19H,2,4,7,12,14H2,1H3,(H,21,22). The number of benzene rings is 2. The van der Waals surface area contributed by atoms with Gasteiger partial charge >= 0.3 is 0 Å². The molecule has 5 heteroatoms. The van der Waals surface area contributed by atoms with Crippen LogP contribution in [0.15, 0.2) is 48.5 Å². The minimum Gasteiger partial charge on any atom is -0.494 e. The lowest BCUT2D eigenvalue weighted by atomic mass is 10.2. The summed E-state index contributed by atoms with van der Waals surface area (Å²) in [4.78, 5) is 12.3. The third kappa shape index (κ3) is 4.97. The molecule has 0 spiro atoms. The summed E-state index contributed by atoms with van der Waals surface area (Å²) in [5, 5.41) is 2.87. The maximum atomic E-state index is 12.3. The number of nitrogens with one attached hydrogen (secondary N) is 1. The number of carbonyl (C=O) groups is 1. The van der Waals surface area contributed by atoms with Gasteiger partial charge in [0.1, 0.15) is 18.1 Å². The number of hydrogen-bond donors (Lipinski definition) is 1. The molecule has 1 atom stereocenters. The van der Waals surface area contributed by atoms with Gasteiger partial charge in [-0.25, -0.2) is 0 Å². The van der Waals surface area contributed by atoms with E-state index in [1.807, 2.05) is 25.1 Å². The van der Waals surface area contributed by atoms with E-state index >= 15 is 0 Å². The molecule has 1 heterocycles. The zero-order valence-electron chi connectivity index (χ0n) is 14.4. The molecular formula is C20H23NO4. The van der Waals surface area contributed by atoms with Gasteiger partial charge in [-0.05, 0) is 56.2 Å². The van der Waals surface area contributed by atoms with Gasteiger partial charge < -0.3 is 19.5 Å². The highest BCUT2D eigenvalue weighted by Gasteiger charge is 2.16. The predicted molar refractivity (Wildman–Crippen MR) is 96.5 cm³/mol. The third-order valence-electron chi connectivity index (χ3n) is 3.98. The minimum absolute atomic E-state index is 0.167. The molecule has 0 aliphatic carbocycles. The van der Waals surface area contributed by atoms with E-state index < -0.39 is 0 Å². The smallest absolute Gasteiger partial charge is 0.255 e. The van der Waals surface area contributed by atoms with Crippen molar-refractivity contribution >= 4 is 11.6 Å². The first-order chi connectivity index (χ1) is 12.2. The summed E-state index contributed by atoms with van der Waals surface area (Å²) in [6.07, 6.45) is 2.32. The van der Waals surface area contributed by atoms with Crippen LogP contribution in [0.25, 0.3) is 0 Å². The first-order valence-electron chi connectivity index (χ1n) is 8.63. The van der Waals surface area contributed by atoms with Crippen LogP contribution in [0.1, 0.15) is 30.1 Å². The normalized spacial score (nSPS) is 16.4. The van der Waals surface area contributed by atoms with Crippen LogP contribution >= 0.6 is 0 Å². The van der Waals surface area contributed by atoms with E-state index in [9.17, 15) is 4.79 Å². The molecule has 1 amide bonds. The SMILES string of the molecule is CCOc1cccc(NC(=O)c2ccc(OCC3CCCO3)cc2)c1. The van der Waals surface area contributed by atoms with Gasteiger partial charge in [0.2, 0.25) is 0 Å². The first kappa shape index (κ1) is 17.3. The number of hydrogen-bond acceptors (Lipinski definition) is 4. The van der Waals surface area contributed by atoms with Gasteiger partial charge in [0.25, 0.3) is 5.91 Å². The molecule has 1 fully saturated rings. The Bertz CT molecular complexity index is 693. The molecule has 2 aromatic rings. The lowest BCUT2D eigenvalue weighted by Gasteiger charge is -2.12. The van der Waals surface area contributed by atoms with Crippen molar-refractivity contribution in [1.82, 2.24) is 0 Å². The van der Waals surface area contributed by atoms with Crippen LogP contribution in [0, 0.1) is 0 Å². The van der Waals surface area contributed by atoms with E-state index in [0.29, 0.717) is 24.5 Å². The van der Waals surface area contributed by atoms with E-state index in [-0.39, 0.29) is 12.0 Å². The fourth-order valence-corrected chi connectivity index (χ4v) is 2.70. The van der Waals surface area contributed by atoms with Crippen LogP contribution in [0.3, 0.4) is 0 Å². The molecule has 132 valence electrons. The fourth-order valence-electron chi connectivity index (χ4n) is 2.70. The molecule has 0 aromatic heterocycles. The van der Waals surface area contributed by atoms with Gasteiger partial charge in [-0.3, -0.25) is 4.79 Å². The highest BCUT2D eigenvalue weighted by atomic mass is 16.5. The molecule has 25 heavy (non-hydrogen) atoms. The van der Waals surface area contributed by atoms with Crippen molar-refractivity contribution in [3.8, 4) is 11.5 Å². The summed E-state index contributed by atoms with van der Waals surface area (Å²) in [6.45, 7) is 3.88. The molecule has 1 aliphatic rings. The van der Waals surface area contributed by atoms with E-state index in [1.165, 1.54) is 0 Å². The Hall–Kier alpha value is -2.53. The average Bonchev–Trinajstić information content (AvgIpc) is 3.14. The predicted octanol–water partition coefficient (Wildman–Crippen LogP) is 3.90. The van der Waals surface area contributed by atoms with Crippen LogP contribution in [0.2, 0.25) is 0 Å². The number of rotatable bonds is 7. The van der Waals surface area contributed by atoms with E-state index in [1.54, 1.807) is 30.3 Å². The first-order valence-corrected chi connectivity index (χ1v) is 8.63. The van der Waals surface area contributed by atoms with Crippen molar-refractivity contribution in [2.75, 3.05) is 25.1 Å². The molecule has 2 aromatic carbocycles. The van der Waals surface area contributed by atoms with Crippen molar-refractivity contribution in [3.63, 3.8) is 0 Å². The molecule has 1 saturated heterocycles. The Morgan fingerprint density at radius 2 is 2.00 bits per heavy atom. The topological polar surface area (TPSA) is 56.8 Å². The van der Waals surface area contributed by atoms with Gasteiger partial charge in [0.15, 0.2) is 0 Å². The molecule has 1 unspecified atom stereocenters. The molecule has 1 aliphatic heterocycles. The molecule has 0 bridgehead atoms. The van der Waals surface area contributed by atoms with Crippen molar-refractivity contribution in [2.45, 2.75) is 25.9 Å². The van der Waals surface area contributed by atoms with Gasteiger partial charge in [-0.2, -0.15) is 0 Å². The maximum absolute atomic E-state index is 12.3. The van der Waals surface area contributed by atoms with Gasteiger partial charge in [0.05, 0.1) is 12.7 Å². The summed E-state index contributed by atoms with van der Waals surface area (Å²) >= 11 is 0. The van der Waals surface area contributed by atoms with Gasteiger partial charge in [0, 0.05) is 23.9 Å². The van der Waals surface area contributed by atoms with Crippen molar-refractivity contribution < 1.29 is 19.0 Å². The third-order valence-corrected chi connectivity index (χ3v) is 3.98. The zero-order chi connectivity index (χ0) is 17.5.